The first-order chi connectivity index (χ1) is 14.6. The van der Waals surface area contributed by atoms with Crippen molar-refractivity contribution in [1.29, 1.82) is 0 Å². The molecule has 3 aromatic rings. The van der Waals surface area contributed by atoms with Crippen molar-refractivity contribution in [3.05, 3.63) is 70.9 Å². The van der Waals surface area contributed by atoms with E-state index in [0.29, 0.717) is 42.8 Å². The molecule has 0 atom stereocenters. The zero-order valence-electron chi connectivity index (χ0n) is 16.8. The highest BCUT2D eigenvalue weighted by Gasteiger charge is 2.26. The molecule has 2 amide bonds. The summed E-state index contributed by atoms with van der Waals surface area (Å²) in [5.74, 6) is 0.858. The van der Waals surface area contributed by atoms with Crippen LogP contribution in [0.2, 0.25) is 5.02 Å². The topological polar surface area (TPSA) is 62.6 Å². The van der Waals surface area contributed by atoms with E-state index in [9.17, 15) is 9.59 Å². The minimum atomic E-state index is -0.0519. The highest BCUT2D eigenvalue weighted by atomic mass is 35.5. The number of furan rings is 1. The molecule has 1 aliphatic heterocycles. The van der Waals surface area contributed by atoms with Gasteiger partial charge in [0.25, 0.3) is 5.91 Å². The first kappa shape index (κ1) is 20.5. The monoisotopic (exact) mass is 424 g/mol. The Labute approximate surface area is 181 Å². The summed E-state index contributed by atoms with van der Waals surface area (Å²) in [6, 6.07) is 17.0. The molecule has 0 bridgehead atoms. The van der Waals surface area contributed by atoms with Gasteiger partial charge in [-0.05, 0) is 55.0 Å². The minimum Gasteiger partial charge on any atom is -0.451 e. The molecule has 1 N–H and O–H groups in total. The molecule has 1 aliphatic rings. The number of nitrogens with one attached hydrogen (secondary N) is 1. The van der Waals surface area contributed by atoms with Crippen molar-refractivity contribution >= 4 is 34.4 Å². The molecule has 30 heavy (non-hydrogen) atoms. The minimum absolute atomic E-state index is 0.0516. The van der Waals surface area contributed by atoms with E-state index in [2.05, 4.69) is 5.32 Å². The molecular formula is C24H25ClN2O3. The molecule has 5 nitrogen and oxygen atoms in total. The van der Waals surface area contributed by atoms with Crippen LogP contribution in [-0.4, -0.2) is 29.8 Å². The maximum atomic E-state index is 12.7. The van der Waals surface area contributed by atoms with Gasteiger partial charge in [-0.15, -0.1) is 0 Å². The summed E-state index contributed by atoms with van der Waals surface area (Å²) in [5.41, 5.74) is 1.73. The van der Waals surface area contributed by atoms with Crippen molar-refractivity contribution in [2.75, 3.05) is 13.1 Å². The fourth-order valence-corrected chi connectivity index (χ4v) is 4.15. The second-order valence-electron chi connectivity index (χ2n) is 7.83. The predicted octanol–water partition coefficient (Wildman–Crippen LogP) is 5.04. The number of carbonyl (C=O) groups is 2. The van der Waals surface area contributed by atoms with Gasteiger partial charge in [0, 0.05) is 36.5 Å². The van der Waals surface area contributed by atoms with Crippen LogP contribution in [-0.2, 0) is 11.3 Å². The van der Waals surface area contributed by atoms with E-state index >= 15 is 0 Å². The largest absolute Gasteiger partial charge is 0.451 e. The van der Waals surface area contributed by atoms with Crippen LogP contribution < -0.4 is 5.32 Å². The van der Waals surface area contributed by atoms with Gasteiger partial charge in [0.1, 0.15) is 5.58 Å². The van der Waals surface area contributed by atoms with Crippen LogP contribution in [0.5, 0.6) is 0 Å². The Balaban J connectivity index is 1.20. The Hall–Kier alpha value is -2.79. The van der Waals surface area contributed by atoms with Crippen molar-refractivity contribution in [3.63, 3.8) is 0 Å². The van der Waals surface area contributed by atoms with E-state index in [1.807, 2.05) is 59.5 Å². The second-order valence-corrected chi connectivity index (χ2v) is 8.27. The van der Waals surface area contributed by atoms with E-state index in [4.69, 9.17) is 16.0 Å². The lowest BCUT2D eigenvalue weighted by atomic mass is 9.92. The number of fused-ring (bicyclic) bond motifs is 1. The SMILES string of the molecule is O=C(CCC1CCN(C(=O)c2cc3ccccc3o2)CC1)NCc1cccc(Cl)c1. The summed E-state index contributed by atoms with van der Waals surface area (Å²) in [5, 5.41) is 4.57. The maximum Gasteiger partial charge on any atom is 0.289 e. The van der Waals surface area contributed by atoms with E-state index < -0.39 is 0 Å². The lowest BCUT2D eigenvalue weighted by Crippen LogP contribution is -2.38. The molecule has 0 radical (unpaired) electrons. The summed E-state index contributed by atoms with van der Waals surface area (Å²) >= 11 is 5.97. The summed E-state index contributed by atoms with van der Waals surface area (Å²) in [6.45, 7) is 1.89. The highest BCUT2D eigenvalue weighted by Crippen LogP contribution is 2.25. The number of hydrogen-bond acceptors (Lipinski definition) is 3. The third-order valence-corrected chi connectivity index (χ3v) is 5.93. The second kappa shape index (κ2) is 9.35. The summed E-state index contributed by atoms with van der Waals surface area (Å²) in [4.78, 5) is 26.8. The summed E-state index contributed by atoms with van der Waals surface area (Å²) < 4.78 is 5.71. The molecule has 6 heteroatoms. The number of halogens is 1. The number of carbonyl (C=O) groups excluding carboxylic acids is 2. The molecule has 2 aromatic carbocycles. The maximum absolute atomic E-state index is 12.7. The quantitative estimate of drug-likeness (QED) is 0.603. The molecule has 1 aromatic heterocycles. The lowest BCUT2D eigenvalue weighted by Gasteiger charge is -2.31. The van der Waals surface area contributed by atoms with Crippen LogP contribution in [0.3, 0.4) is 0 Å². The zero-order valence-corrected chi connectivity index (χ0v) is 17.5. The van der Waals surface area contributed by atoms with Gasteiger partial charge in [0.2, 0.25) is 5.91 Å². The van der Waals surface area contributed by atoms with Crippen LogP contribution in [0.1, 0.15) is 41.8 Å². The number of amides is 2. The van der Waals surface area contributed by atoms with Gasteiger partial charge < -0.3 is 14.6 Å². The molecule has 0 aliphatic carbocycles. The van der Waals surface area contributed by atoms with E-state index in [0.717, 1.165) is 35.8 Å². The van der Waals surface area contributed by atoms with Gasteiger partial charge in [-0.1, -0.05) is 41.9 Å². The third kappa shape index (κ3) is 5.03. The molecule has 2 heterocycles. The van der Waals surface area contributed by atoms with Crippen LogP contribution >= 0.6 is 11.6 Å². The van der Waals surface area contributed by atoms with E-state index in [-0.39, 0.29) is 11.8 Å². The van der Waals surface area contributed by atoms with Gasteiger partial charge in [-0.3, -0.25) is 9.59 Å². The smallest absolute Gasteiger partial charge is 0.289 e. The van der Waals surface area contributed by atoms with Crippen LogP contribution in [0.4, 0.5) is 0 Å². The Morgan fingerprint density at radius 1 is 1.07 bits per heavy atom. The molecule has 156 valence electrons. The molecule has 1 saturated heterocycles. The summed E-state index contributed by atoms with van der Waals surface area (Å²) in [6.07, 6.45) is 3.16. The number of nitrogens with zero attached hydrogens (tertiary/aromatic N) is 1. The molecule has 0 saturated carbocycles. The van der Waals surface area contributed by atoms with Crippen LogP contribution in [0, 0.1) is 5.92 Å². The molecule has 4 rings (SSSR count). The average Bonchev–Trinajstić information content (AvgIpc) is 3.20. The highest BCUT2D eigenvalue weighted by molar-refractivity contribution is 6.30. The fourth-order valence-electron chi connectivity index (χ4n) is 3.94. The van der Waals surface area contributed by atoms with Gasteiger partial charge >= 0.3 is 0 Å². The molecule has 0 spiro atoms. The van der Waals surface area contributed by atoms with Crippen LogP contribution in [0.15, 0.2) is 59.0 Å². The zero-order chi connectivity index (χ0) is 20.9. The average molecular weight is 425 g/mol. The van der Waals surface area contributed by atoms with Crippen LogP contribution in [0.25, 0.3) is 11.0 Å². The van der Waals surface area contributed by atoms with Gasteiger partial charge in [0.15, 0.2) is 5.76 Å². The summed E-state index contributed by atoms with van der Waals surface area (Å²) in [7, 11) is 0. The van der Waals surface area contributed by atoms with E-state index in [1.54, 1.807) is 0 Å². The number of piperidine rings is 1. The molecular weight excluding hydrogens is 400 g/mol. The number of para-hydroxylation sites is 1. The van der Waals surface area contributed by atoms with Crippen molar-refractivity contribution in [2.45, 2.75) is 32.2 Å². The Morgan fingerprint density at radius 2 is 1.87 bits per heavy atom. The number of likely N-dealkylation sites (tertiary alicyclic amines) is 1. The predicted molar refractivity (Wildman–Crippen MR) is 117 cm³/mol. The lowest BCUT2D eigenvalue weighted by molar-refractivity contribution is -0.121. The Kier molecular flexibility index (Phi) is 6.38. The number of benzene rings is 2. The normalized spacial score (nSPS) is 14.8. The molecule has 0 unspecified atom stereocenters. The van der Waals surface area contributed by atoms with Crippen molar-refractivity contribution < 1.29 is 14.0 Å². The van der Waals surface area contributed by atoms with Gasteiger partial charge in [-0.25, -0.2) is 0 Å². The first-order valence-electron chi connectivity index (χ1n) is 10.4. The van der Waals surface area contributed by atoms with Crippen molar-refractivity contribution in [2.24, 2.45) is 5.92 Å². The molecule has 1 fully saturated rings. The first-order valence-corrected chi connectivity index (χ1v) is 10.8. The number of hydrogen-bond donors (Lipinski definition) is 1. The Morgan fingerprint density at radius 3 is 2.63 bits per heavy atom. The fraction of sp³-hybridized carbons (Fsp3) is 0.333. The van der Waals surface area contributed by atoms with Crippen molar-refractivity contribution in [1.82, 2.24) is 10.2 Å². The number of rotatable bonds is 6. The third-order valence-electron chi connectivity index (χ3n) is 5.70. The van der Waals surface area contributed by atoms with E-state index in [1.165, 1.54) is 0 Å². The van der Waals surface area contributed by atoms with Gasteiger partial charge in [-0.2, -0.15) is 0 Å². The van der Waals surface area contributed by atoms with Gasteiger partial charge in [0.05, 0.1) is 0 Å². The Bertz CT molecular complexity index is 1000. The standard InChI is InChI=1S/C24H25ClN2O3/c25-20-6-3-4-18(14-20)16-26-23(28)9-8-17-10-12-27(13-11-17)24(29)22-15-19-5-1-2-7-21(19)30-22/h1-7,14-15,17H,8-13,16H2,(H,26,28). The van der Waals surface area contributed by atoms with Crippen molar-refractivity contribution in [3.8, 4) is 0 Å².